The Labute approximate surface area is 170 Å². The summed E-state index contributed by atoms with van der Waals surface area (Å²) < 4.78 is 41.3. The van der Waals surface area contributed by atoms with Gasteiger partial charge in [-0.25, -0.2) is 4.98 Å². The number of aryl methyl sites for hydroxylation is 1. The molecule has 3 aromatic rings. The van der Waals surface area contributed by atoms with Crippen molar-refractivity contribution in [3.05, 3.63) is 46.1 Å². The van der Waals surface area contributed by atoms with Crippen molar-refractivity contribution in [3.8, 4) is 5.88 Å². The molecule has 1 fully saturated rings. The minimum Gasteiger partial charge on any atom is -0.492 e. The minimum atomic E-state index is -4.42. The third kappa shape index (κ3) is 3.84. The summed E-state index contributed by atoms with van der Waals surface area (Å²) in [6.45, 7) is 4.90. The summed E-state index contributed by atoms with van der Waals surface area (Å²) in [5.41, 5.74) is -0.193. The van der Waals surface area contributed by atoms with Crippen LogP contribution in [0.1, 0.15) is 34.8 Å². The summed E-state index contributed by atoms with van der Waals surface area (Å²) in [6, 6.07) is 4.86. The van der Waals surface area contributed by atoms with Crippen LogP contribution in [-0.2, 0) is 12.6 Å². The fraction of sp³-hybridized carbons (Fsp3) is 0.474. The van der Waals surface area contributed by atoms with Crippen molar-refractivity contribution in [2.24, 2.45) is 0 Å². The monoisotopic (exact) mass is 425 g/mol. The Hall–Kier alpha value is -2.17. The number of hydrogen-bond donors (Lipinski definition) is 1. The molecule has 1 aromatic carbocycles. The number of hydrogen-bond acceptors (Lipinski definition) is 6. The lowest BCUT2D eigenvalue weighted by atomic mass is 10.00. The normalized spacial score (nSPS) is 17.8. The highest BCUT2D eigenvalue weighted by Crippen LogP contribution is 2.41. The van der Waals surface area contributed by atoms with Crippen molar-refractivity contribution in [3.63, 3.8) is 0 Å². The number of piperazine rings is 1. The molecule has 6 nitrogen and oxygen atoms in total. The van der Waals surface area contributed by atoms with E-state index in [9.17, 15) is 18.3 Å². The van der Waals surface area contributed by atoms with Crippen LogP contribution in [0.25, 0.3) is 4.96 Å². The molecule has 0 unspecified atom stereocenters. The summed E-state index contributed by atoms with van der Waals surface area (Å²) in [5.74, 6) is 0.562. The maximum Gasteiger partial charge on any atom is 0.416 e. The Kier molecular flexibility index (Phi) is 5.26. The number of aromatic hydroxyl groups is 1. The van der Waals surface area contributed by atoms with Gasteiger partial charge in [0, 0.05) is 32.6 Å². The Balaban J connectivity index is 1.81. The Bertz CT molecular complexity index is 1010. The summed E-state index contributed by atoms with van der Waals surface area (Å²) >= 11 is 1.27. The van der Waals surface area contributed by atoms with Crippen molar-refractivity contribution in [2.45, 2.75) is 25.6 Å². The molecule has 0 radical (unpaired) electrons. The zero-order valence-electron chi connectivity index (χ0n) is 16.1. The summed E-state index contributed by atoms with van der Waals surface area (Å²) in [6.07, 6.45) is -3.79. The van der Waals surface area contributed by atoms with Gasteiger partial charge in [-0.15, -0.1) is 5.10 Å². The predicted molar refractivity (Wildman–Crippen MR) is 104 cm³/mol. The number of thiazole rings is 1. The van der Waals surface area contributed by atoms with Gasteiger partial charge in [0.05, 0.1) is 16.5 Å². The number of nitrogens with zero attached hydrogens (tertiary/aromatic N) is 5. The van der Waals surface area contributed by atoms with E-state index in [-0.39, 0.29) is 5.88 Å². The number of rotatable bonds is 4. The summed E-state index contributed by atoms with van der Waals surface area (Å²) in [5, 5.41) is 15.2. The Morgan fingerprint density at radius 2 is 1.93 bits per heavy atom. The van der Waals surface area contributed by atoms with Gasteiger partial charge in [0.25, 0.3) is 0 Å². The molecule has 0 spiro atoms. The first-order valence-corrected chi connectivity index (χ1v) is 10.3. The summed E-state index contributed by atoms with van der Waals surface area (Å²) in [4.78, 5) is 9.80. The number of alkyl halides is 3. The van der Waals surface area contributed by atoms with Crippen LogP contribution in [0.3, 0.4) is 0 Å². The molecule has 10 heteroatoms. The molecule has 0 aliphatic carbocycles. The number of aromatic nitrogens is 3. The zero-order chi connectivity index (χ0) is 20.8. The molecule has 1 saturated heterocycles. The lowest BCUT2D eigenvalue weighted by Gasteiger charge is -2.37. The molecule has 29 heavy (non-hydrogen) atoms. The van der Waals surface area contributed by atoms with Gasteiger partial charge >= 0.3 is 6.18 Å². The third-order valence-corrected chi connectivity index (χ3v) is 6.31. The quantitative estimate of drug-likeness (QED) is 0.694. The largest absolute Gasteiger partial charge is 0.492 e. The molecule has 0 amide bonds. The third-order valence-electron chi connectivity index (χ3n) is 5.24. The van der Waals surface area contributed by atoms with Gasteiger partial charge < -0.3 is 10.0 Å². The lowest BCUT2D eigenvalue weighted by Crippen LogP contribution is -2.46. The molecule has 2 aromatic heterocycles. The standard InChI is InChI=1S/C19H22F3N5OS/c1-3-14-23-18-27(24-14)17(28)16(29-18)15(26-9-7-25(2)8-10-26)12-5-4-6-13(11-12)19(20,21)22/h4-6,11,15,28H,3,7-10H2,1-2H3/t15-/m1/s1. The topological polar surface area (TPSA) is 56.9 Å². The average molecular weight is 425 g/mol. The van der Waals surface area contributed by atoms with Gasteiger partial charge in [0.1, 0.15) is 0 Å². The van der Waals surface area contributed by atoms with Crippen molar-refractivity contribution in [1.82, 2.24) is 24.4 Å². The molecule has 0 bridgehead atoms. The van der Waals surface area contributed by atoms with Gasteiger partial charge in [-0.1, -0.05) is 30.4 Å². The fourth-order valence-corrected chi connectivity index (χ4v) is 4.75. The van der Waals surface area contributed by atoms with E-state index in [0.29, 0.717) is 40.7 Å². The number of likely N-dealkylation sites (N-methyl/N-ethyl adjacent to an activating group) is 1. The van der Waals surface area contributed by atoms with Crippen LogP contribution in [0.2, 0.25) is 0 Å². The highest BCUT2D eigenvalue weighted by Gasteiger charge is 2.34. The minimum absolute atomic E-state index is 0.0569. The first kappa shape index (κ1) is 20.1. The van der Waals surface area contributed by atoms with Crippen LogP contribution in [0.15, 0.2) is 24.3 Å². The second-order valence-electron chi connectivity index (χ2n) is 7.23. The lowest BCUT2D eigenvalue weighted by molar-refractivity contribution is -0.137. The van der Waals surface area contributed by atoms with E-state index < -0.39 is 17.8 Å². The van der Waals surface area contributed by atoms with Crippen LogP contribution in [0.5, 0.6) is 5.88 Å². The van der Waals surface area contributed by atoms with E-state index in [1.54, 1.807) is 6.07 Å². The van der Waals surface area contributed by atoms with Gasteiger partial charge in [0.15, 0.2) is 5.82 Å². The first-order chi connectivity index (χ1) is 13.8. The molecular weight excluding hydrogens is 403 g/mol. The molecule has 0 saturated carbocycles. The molecule has 1 aliphatic rings. The van der Waals surface area contributed by atoms with Gasteiger partial charge in [-0.2, -0.15) is 17.7 Å². The van der Waals surface area contributed by atoms with Crippen molar-refractivity contribution in [2.75, 3.05) is 33.2 Å². The smallest absolute Gasteiger partial charge is 0.416 e. The SMILES string of the molecule is CCc1nc2sc([C@@H](c3cccc(C(F)(F)F)c3)N3CCN(C)CC3)c(O)n2n1. The number of benzene rings is 1. The molecule has 1 aliphatic heterocycles. The van der Waals surface area contributed by atoms with E-state index in [1.807, 2.05) is 14.0 Å². The Morgan fingerprint density at radius 3 is 2.55 bits per heavy atom. The second kappa shape index (κ2) is 7.58. The number of halogens is 3. The van der Waals surface area contributed by atoms with E-state index in [0.717, 1.165) is 19.2 Å². The van der Waals surface area contributed by atoms with Crippen LogP contribution in [0.4, 0.5) is 13.2 Å². The maximum atomic E-state index is 13.3. The molecule has 4 rings (SSSR count). The molecule has 3 heterocycles. The molecule has 1 atom stereocenters. The molecule has 156 valence electrons. The molecular formula is C19H22F3N5OS. The van der Waals surface area contributed by atoms with E-state index in [2.05, 4.69) is 19.9 Å². The highest BCUT2D eigenvalue weighted by molar-refractivity contribution is 7.17. The van der Waals surface area contributed by atoms with Crippen molar-refractivity contribution >= 4 is 16.3 Å². The van der Waals surface area contributed by atoms with Crippen LogP contribution < -0.4 is 0 Å². The maximum absolute atomic E-state index is 13.3. The van der Waals surface area contributed by atoms with Crippen LogP contribution in [0, 0.1) is 0 Å². The number of fused-ring (bicyclic) bond motifs is 1. The van der Waals surface area contributed by atoms with Crippen LogP contribution >= 0.6 is 11.3 Å². The Morgan fingerprint density at radius 1 is 1.21 bits per heavy atom. The van der Waals surface area contributed by atoms with Gasteiger partial charge in [-0.05, 0) is 24.7 Å². The highest BCUT2D eigenvalue weighted by atomic mass is 32.1. The van der Waals surface area contributed by atoms with E-state index in [1.165, 1.54) is 28.0 Å². The average Bonchev–Trinajstić information content (AvgIpc) is 3.23. The molecule has 1 N–H and O–H groups in total. The van der Waals surface area contributed by atoms with Crippen molar-refractivity contribution in [1.29, 1.82) is 0 Å². The van der Waals surface area contributed by atoms with E-state index >= 15 is 0 Å². The van der Waals surface area contributed by atoms with Gasteiger partial charge in [0.2, 0.25) is 10.8 Å². The fourth-order valence-electron chi connectivity index (χ4n) is 3.61. The van der Waals surface area contributed by atoms with Crippen molar-refractivity contribution < 1.29 is 18.3 Å². The zero-order valence-corrected chi connectivity index (χ0v) is 17.0. The summed E-state index contributed by atoms with van der Waals surface area (Å²) in [7, 11) is 2.02. The van der Waals surface area contributed by atoms with Gasteiger partial charge in [-0.3, -0.25) is 4.90 Å². The van der Waals surface area contributed by atoms with E-state index in [4.69, 9.17) is 0 Å². The second-order valence-corrected chi connectivity index (χ2v) is 8.24. The predicted octanol–water partition coefficient (Wildman–Crippen LogP) is 3.41. The van der Waals surface area contributed by atoms with Crippen LogP contribution in [-0.4, -0.2) is 62.7 Å². The first-order valence-electron chi connectivity index (χ1n) is 9.45.